The SMILES string of the molecule is CC(C)c1ncc(NN)c(C(=O)Nc2cnc(Br)cn2)n1. The zero-order chi connectivity index (χ0) is 15.4. The molecule has 0 radical (unpaired) electrons. The second-order valence-corrected chi connectivity index (χ2v) is 5.28. The maximum absolute atomic E-state index is 12.3. The fourth-order valence-electron chi connectivity index (χ4n) is 1.50. The maximum Gasteiger partial charge on any atom is 0.277 e. The molecule has 21 heavy (non-hydrogen) atoms. The first-order valence-corrected chi connectivity index (χ1v) is 6.93. The van der Waals surface area contributed by atoms with Crippen molar-refractivity contribution in [1.29, 1.82) is 0 Å². The van der Waals surface area contributed by atoms with E-state index in [2.05, 4.69) is 46.6 Å². The minimum absolute atomic E-state index is 0.0934. The second kappa shape index (κ2) is 6.55. The Kier molecular flexibility index (Phi) is 4.76. The molecule has 2 rings (SSSR count). The maximum atomic E-state index is 12.3. The molecule has 0 aliphatic heterocycles. The molecule has 0 fully saturated rings. The van der Waals surface area contributed by atoms with Crippen LogP contribution in [0.2, 0.25) is 0 Å². The number of nitrogens with one attached hydrogen (secondary N) is 2. The van der Waals surface area contributed by atoms with Crippen molar-refractivity contribution in [1.82, 2.24) is 19.9 Å². The number of amides is 1. The fraction of sp³-hybridized carbons (Fsp3) is 0.250. The zero-order valence-electron chi connectivity index (χ0n) is 11.5. The number of nitrogen functional groups attached to an aromatic ring is 1. The van der Waals surface area contributed by atoms with Gasteiger partial charge in [-0.15, -0.1) is 0 Å². The van der Waals surface area contributed by atoms with Gasteiger partial charge in [0.2, 0.25) is 0 Å². The van der Waals surface area contributed by atoms with Crippen LogP contribution in [0, 0.1) is 0 Å². The standard InChI is InChI=1S/C12H14BrN7O/c1-6(2)11-17-3-7(20-14)10(19-11)12(21)18-9-5-15-8(13)4-16-9/h3-6,20H,14H2,1-2H3,(H,16,18,21). The first-order valence-electron chi connectivity index (χ1n) is 6.13. The van der Waals surface area contributed by atoms with Crippen LogP contribution in [-0.4, -0.2) is 25.8 Å². The molecule has 2 aromatic rings. The summed E-state index contributed by atoms with van der Waals surface area (Å²) in [5, 5.41) is 2.61. The summed E-state index contributed by atoms with van der Waals surface area (Å²) < 4.78 is 0.578. The van der Waals surface area contributed by atoms with E-state index in [1.54, 1.807) is 0 Å². The molecule has 0 aliphatic rings. The summed E-state index contributed by atoms with van der Waals surface area (Å²) in [5.41, 5.74) is 2.90. The van der Waals surface area contributed by atoms with E-state index in [0.29, 0.717) is 21.9 Å². The lowest BCUT2D eigenvalue weighted by Gasteiger charge is -2.11. The molecule has 0 atom stereocenters. The van der Waals surface area contributed by atoms with Crippen LogP contribution in [0.5, 0.6) is 0 Å². The van der Waals surface area contributed by atoms with E-state index in [-0.39, 0.29) is 11.6 Å². The lowest BCUT2D eigenvalue weighted by Crippen LogP contribution is -2.21. The van der Waals surface area contributed by atoms with Crippen LogP contribution in [0.4, 0.5) is 11.5 Å². The molecule has 0 bridgehead atoms. The average Bonchev–Trinajstić information content (AvgIpc) is 2.48. The third kappa shape index (κ3) is 3.70. The quantitative estimate of drug-likeness (QED) is 0.566. The summed E-state index contributed by atoms with van der Waals surface area (Å²) in [6.45, 7) is 3.87. The third-order valence-corrected chi connectivity index (χ3v) is 2.97. The molecular formula is C12H14BrN7O. The monoisotopic (exact) mass is 351 g/mol. The Morgan fingerprint density at radius 3 is 2.57 bits per heavy atom. The predicted octanol–water partition coefficient (Wildman–Crippen LogP) is 1.69. The summed E-state index contributed by atoms with van der Waals surface area (Å²) in [7, 11) is 0. The molecule has 110 valence electrons. The lowest BCUT2D eigenvalue weighted by atomic mass is 10.2. The highest BCUT2D eigenvalue weighted by molar-refractivity contribution is 9.10. The van der Waals surface area contributed by atoms with Gasteiger partial charge in [-0.25, -0.2) is 19.9 Å². The predicted molar refractivity (Wildman–Crippen MR) is 81.6 cm³/mol. The van der Waals surface area contributed by atoms with E-state index in [1.165, 1.54) is 18.6 Å². The molecule has 0 saturated heterocycles. The molecule has 2 aromatic heterocycles. The van der Waals surface area contributed by atoms with E-state index in [4.69, 9.17) is 5.84 Å². The molecule has 0 unspecified atom stereocenters. The van der Waals surface area contributed by atoms with Crippen molar-refractivity contribution in [3.8, 4) is 0 Å². The minimum atomic E-state index is -0.441. The Labute approximate surface area is 129 Å². The van der Waals surface area contributed by atoms with E-state index in [1.807, 2.05) is 13.8 Å². The normalized spacial score (nSPS) is 10.5. The van der Waals surface area contributed by atoms with E-state index < -0.39 is 5.91 Å². The van der Waals surface area contributed by atoms with Crippen molar-refractivity contribution in [2.24, 2.45) is 5.84 Å². The summed E-state index contributed by atoms with van der Waals surface area (Å²) >= 11 is 3.17. The van der Waals surface area contributed by atoms with Crippen molar-refractivity contribution in [2.45, 2.75) is 19.8 Å². The number of hydrogen-bond acceptors (Lipinski definition) is 7. The highest BCUT2D eigenvalue weighted by Crippen LogP contribution is 2.17. The molecule has 0 aromatic carbocycles. The van der Waals surface area contributed by atoms with E-state index >= 15 is 0 Å². The molecule has 0 saturated carbocycles. The highest BCUT2D eigenvalue weighted by atomic mass is 79.9. The summed E-state index contributed by atoms with van der Waals surface area (Å²) in [5.74, 6) is 5.91. The molecule has 0 spiro atoms. The van der Waals surface area contributed by atoms with Crippen LogP contribution < -0.4 is 16.6 Å². The van der Waals surface area contributed by atoms with Crippen molar-refractivity contribution < 1.29 is 4.79 Å². The first-order chi connectivity index (χ1) is 10.0. The molecular weight excluding hydrogens is 338 g/mol. The van der Waals surface area contributed by atoms with Gasteiger partial charge in [-0.3, -0.25) is 10.6 Å². The Morgan fingerprint density at radius 2 is 2.00 bits per heavy atom. The van der Waals surface area contributed by atoms with Crippen molar-refractivity contribution in [3.05, 3.63) is 34.7 Å². The topological polar surface area (TPSA) is 119 Å². The number of carbonyl (C=O) groups is 1. The van der Waals surface area contributed by atoms with Crippen LogP contribution >= 0.6 is 15.9 Å². The van der Waals surface area contributed by atoms with Crippen LogP contribution in [0.25, 0.3) is 0 Å². The summed E-state index contributed by atoms with van der Waals surface area (Å²) in [6.07, 6.45) is 4.39. The number of halogens is 1. The number of carbonyl (C=O) groups excluding carboxylic acids is 1. The number of hydrazine groups is 1. The van der Waals surface area contributed by atoms with Crippen LogP contribution in [-0.2, 0) is 0 Å². The highest BCUT2D eigenvalue weighted by Gasteiger charge is 2.17. The van der Waals surface area contributed by atoms with Gasteiger partial charge in [-0.05, 0) is 15.9 Å². The van der Waals surface area contributed by atoms with Gasteiger partial charge in [0, 0.05) is 5.92 Å². The van der Waals surface area contributed by atoms with Crippen LogP contribution in [0.3, 0.4) is 0 Å². The van der Waals surface area contributed by atoms with Gasteiger partial charge < -0.3 is 10.7 Å². The van der Waals surface area contributed by atoms with Gasteiger partial charge in [0.25, 0.3) is 5.91 Å². The average molecular weight is 352 g/mol. The summed E-state index contributed by atoms with van der Waals surface area (Å²) in [4.78, 5) is 28.7. The Balaban J connectivity index is 2.28. The van der Waals surface area contributed by atoms with Crippen molar-refractivity contribution >= 4 is 33.3 Å². The lowest BCUT2D eigenvalue weighted by molar-refractivity contribution is 0.102. The number of aromatic nitrogens is 4. The first kappa shape index (κ1) is 15.3. The molecule has 9 heteroatoms. The number of rotatable bonds is 4. The summed E-state index contributed by atoms with van der Waals surface area (Å²) in [6, 6.07) is 0. The van der Waals surface area contributed by atoms with Crippen LogP contribution in [0.1, 0.15) is 36.1 Å². The van der Waals surface area contributed by atoms with E-state index in [9.17, 15) is 4.79 Å². The minimum Gasteiger partial charge on any atom is -0.321 e. The Morgan fingerprint density at radius 1 is 1.24 bits per heavy atom. The van der Waals surface area contributed by atoms with Gasteiger partial charge in [0.1, 0.15) is 10.4 Å². The van der Waals surface area contributed by atoms with Crippen molar-refractivity contribution in [3.63, 3.8) is 0 Å². The van der Waals surface area contributed by atoms with Gasteiger partial charge in [0.05, 0.1) is 24.3 Å². The fourth-order valence-corrected chi connectivity index (χ4v) is 1.71. The molecule has 0 aliphatic carbocycles. The smallest absolute Gasteiger partial charge is 0.277 e. The van der Waals surface area contributed by atoms with Crippen molar-refractivity contribution in [2.75, 3.05) is 10.7 Å². The number of nitrogens with two attached hydrogens (primary N) is 1. The molecule has 4 N–H and O–H groups in total. The molecule has 8 nitrogen and oxygen atoms in total. The third-order valence-electron chi connectivity index (χ3n) is 2.56. The van der Waals surface area contributed by atoms with Gasteiger partial charge in [-0.2, -0.15) is 0 Å². The van der Waals surface area contributed by atoms with Crippen LogP contribution in [0.15, 0.2) is 23.2 Å². The molecule has 2 heterocycles. The van der Waals surface area contributed by atoms with Gasteiger partial charge >= 0.3 is 0 Å². The second-order valence-electron chi connectivity index (χ2n) is 4.47. The number of hydrogen-bond donors (Lipinski definition) is 3. The number of anilines is 2. The van der Waals surface area contributed by atoms with Gasteiger partial charge in [-0.1, -0.05) is 13.8 Å². The van der Waals surface area contributed by atoms with Gasteiger partial charge in [0.15, 0.2) is 11.5 Å². The zero-order valence-corrected chi connectivity index (χ0v) is 13.0. The largest absolute Gasteiger partial charge is 0.321 e. The Bertz CT molecular complexity index is 645. The number of nitrogens with zero attached hydrogens (tertiary/aromatic N) is 4. The molecule has 1 amide bonds. The van der Waals surface area contributed by atoms with E-state index in [0.717, 1.165) is 0 Å². The Hall–Kier alpha value is -2.13.